The van der Waals surface area contributed by atoms with Crippen LogP contribution in [0.25, 0.3) is 36.5 Å². The lowest BCUT2D eigenvalue weighted by Crippen LogP contribution is -2.33. The number of rotatable bonds is 6. The molecule has 0 saturated carbocycles. The topological polar surface area (TPSA) is 25.6 Å². The molecule has 0 amide bonds. The molecule has 4 nitrogen and oxygen atoms in total. The average Bonchev–Trinajstić information content (AvgIpc) is 3.65. The average molecular weight is 552 g/mol. The predicted molar refractivity (Wildman–Crippen MR) is 159 cm³/mol. The standard InChI is InChI=1S/C28H27N2O2S4/c1-6-29-23(35-21-14-19(31-4)17-8-10-33-27(17)25(21)29)12-16(3)13-24-30(7-2)26-22(36-24)15-20(32-5)18-9-11-34-28(18)26/h8-15H,6-7H2,1-5H3/q+1. The van der Waals surface area contributed by atoms with Gasteiger partial charge in [-0.25, -0.2) is 0 Å². The Kier molecular flexibility index (Phi) is 6.24. The van der Waals surface area contributed by atoms with E-state index < -0.39 is 0 Å². The molecule has 0 saturated heterocycles. The molecule has 36 heavy (non-hydrogen) atoms. The van der Waals surface area contributed by atoms with Gasteiger partial charge in [-0.1, -0.05) is 23.1 Å². The molecule has 0 unspecified atom stereocenters. The zero-order valence-corrected chi connectivity index (χ0v) is 24.1. The molecule has 184 valence electrons. The number of hydrogen-bond acceptors (Lipinski definition) is 7. The van der Waals surface area contributed by atoms with Gasteiger partial charge in [0, 0.05) is 34.4 Å². The highest BCUT2D eigenvalue weighted by Gasteiger charge is 2.29. The Morgan fingerprint density at radius 3 is 2.39 bits per heavy atom. The molecule has 0 N–H and O–H groups in total. The zero-order chi connectivity index (χ0) is 25.0. The SMILES string of the molecule is CCN1/C(=C/C(C)=C/c2sc3cc(OC)c4ccsc4c3[n+]2CC)Sc2cc(OC)c3ccsc3c21. The van der Waals surface area contributed by atoms with Crippen LogP contribution in [0.5, 0.6) is 11.5 Å². The van der Waals surface area contributed by atoms with Gasteiger partial charge in [-0.3, -0.25) is 0 Å². The number of ether oxygens (including phenoxy) is 2. The Morgan fingerprint density at radius 2 is 1.69 bits per heavy atom. The lowest BCUT2D eigenvalue weighted by Gasteiger charge is -2.19. The number of anilines is 1. The summed E-state index contributed by atoms with van der Waals surface area (Å²) in [4.78, 5) is 3.70. The predicted octanol–water partition coefficient (Wildman–Crippen LogP) is 8.53. The van der Waals surface area contributed by atoms with E-state index in [9.17, 15) is 0 Å². The van der Waals surface area contributed by atoms with Crippen LogP contribution in [0.3, 0.4) is 0 Å². The number of nitrogens with zero attached hydrogens (tertiary/aromatic N) is 2. The first-order chi connectivity index (χ1) is 17.6. The van der Waals surface area contributed by atoms with Crippen LogP contribution in [0, 0.1) is 0 Å². The fraction of sp³-hybridized carbons (Fsp3) is 0.250. The number of thiophene rings is 2. The van der Waals surface area contributed by atoms with Crippen molar-refractivity contribution in [3.63, 3.8) is 0 Å². The first-order valence-corrected chi connectivity index (χ1v) is 15.3. The van der Waals surface area contributed by atoms with Crippen LogP contribution in [0.2, 0.25) is 0 Å². The van der Waals surface area contributed by atoms with Crippen molar-refractivity contribution < 1.29 is 14.0 Å². The Balaban J connectivity index is 1.44. The van der Waals surface area contributed by atoms with Crippen molar-refractivity contribution in [2.45, 2.75) is 32.2 Å². The highest BCUT2D eigenvalue weighted by atomic mass is 32.2. The fourth-order valence-electron chi connectivity index (χ4n) is 4.96. The van der Waals surface area contributed by atoms with Gasteiger partial charge in [0.2, 0.25) is 5.52 Å². The normalized spacial score (nSPS) is 15.1. The maximum absolute atomic E-state index is 5.71. The van der Waals surface area contributed by atoms with E-state index in [0.717, 1.165) is 24.6 Å². The first-order valence-electron chi connectivity index (χ1n) is 11.9. The van der Waals surface area contributed by atoms with Crippen molar-refractivity contribution in [3.05, 3.63) is 56.7 Å². The van der Waals surface area contributed by atoms with Gasteiger partial charge in [0.15, 0.2) is 0 Å². The maximum Gasteiger partial charge on any atom is 0.263 e. The van der Waals surface area contributed by atoms with Crippen molar-refractivity contribution in [3.8, 4) is 11.5 Å². The summed E-state index contributed by atoms with van der Waals surface area (Å²) in [5, 5.41) is 9.22. The Morgan fingerprint density at radius 1 is 1.00 bits per heavy atom. The van der Waals surface area contributed by atoms with Gasteiger partial charge in [0.25, 0.3) is 5.01 Å². The molecule has 0 fully saturated rings. The minimum absolute atomic E-state index is 0.923. The number of aryl methyl sites for hydroxylation is 1. The van der Waals surface area contributed by atoms with Gasteiger partial charge in [-0.15, -0.1) is 22.7 Å². The summed E-state index contributed by atoms with van der Waals surface area (Å²) in [6.07, 6.45) is 4.65. The molecular weight excluding hydrogens is 525 g/mol. The van der Waals surface area contributed by atoms with E-state index in [-0.39, 0.29) is 0 Å². The van der Waals surface area contributed by atoms with Crippen LogP contribution >= 0.6 is 45.8 Å². The molecule has 0 bridgehead atoms. The van der Waals surface area contributed by atoms with Crippen LogP contribution in [-0.2, 0) is 6.54 Å². The molecule has 0 spiro atoms. The Hall–Kier alpha value is -2.52. The smallest absolute Gasteiger partial charge is 0.263 e. The Bertz CT molecular complexity index is 1690. The van der Waals surface area contributed by atoms with Crippen LogP contribution in [0.1, 0.15) is 25.8 Å². The van der Waals surface area contributed by atoms with Gasteiger partial charge in [0.1, 0.15) is 27.4 Å². The summed E-state index contributed by atoms with van der Waals surface area (Å²) in [5.74, 6) is 1.90. The third-order valence-electron chi connectivity index (χ3n) is 6.56. The van der Waals surface area contributed by atoms with Crippen molar-refractivity contribution >= 4 is 87.9 Å². The van der Waals surface area contributed by atoms with E-state index in [1.54, 1.807) is 36.9 Å². The molecule has 5 aromatic rings. The molecule has 2 aromatic carbocycles. The number of thiazole rings is 1. The quantitative estimate of drug-likeness (QED) is 0.198. The van der Waals surface area contributed by atoms with Crippen LogP contribution in [-0.4, -0.2) is 20.8 Å². The van der Waals surface area contributed by atoms with Gasteiger partial charge in [-0.05, 0) is 61.4 Å². The minimum Gasteiger partial charge on any atom is -0.496 e. The summed E-state index contributed by atoms with van der Waals surface area (Å²) < 4.78 is 17.7. The number of allylic oxidation sites excluding steroid dienone is 2. The van der Waals surface area contributed by atoms with Gasteiger partial charge in [-0.2, -0.15) is 4.57 Å². The summed E-state index contributed by atoms with van der Waals surface area (Å²) in [6.45, 7) is 8.50. The molecule has 1 aliphatic heterocycles. The van der Waals surface area contributed by atoms with Crippen molar-refractivity contribution in [2.75, 3.05) is 25.7 Å². The summed E-state index contributed by atoms with van der Waals surface area (Å²) in [5.41, 5.74) is 3.86. The molecule has 6 rings (SSSR count). The summed E-state index contributed by atoms with van der Waals surface area (Å²) in [7, 11) is 3.51. The van der Waals surface area contributed by atoms with Gasteiger partial charge < -0.3 is 14.4 Å². The largest absolute Gasteiger partial charge is 0.496 e. The molecule has 0 aliphatic carbocycles. The maximum atomic E-state index is 5.71. The molecule has 0 radical (unpaired) electrons. The van der Waals surface area contributed by atoms with Crippen LogP contribution < -0.4 is 18.9 Å². The summed E-state index contributed by atoms with van der Waals surface area (Å²) in [6, 6.07) is 8.70. The second-order valence-electron chi connectivity index (χ2n) is 8.58. The monoisotopic (exact) mass is 551 g/mol. The molecule has 0 atom stereocenters. The van der Waals surface area contributed by atoms with E-state index >= 15 is 0 Å². The molecular formula is C28H27N2O2S4+. The second kappa shape index (κ2) is 9.41. The zero-order valence-electron chi connectivity index (χ0n) is 20.9. The van der Waals surface area contributed by atoms with Crippen LogP contribution in [0.15, 0.2) is 56.6 Å². The van der Waals surface area contributed by atoms with E-state index in [0.29, 0.717) is 0 Å². The van der Waals surface area contributed by atoms with E-state index in [1.807, 2.05) is 23.1 Å². The number of benzene rings is 2. The molecule has 3 aromatic heterocycles. The lowest BCUT2D eigenvalue weighted by atomic mass is 10.2. The first kappa shape index (κ1) is 23.9. The van der Waals surface area contributed by atoms with Gasteiger partial charge >= 0.3 is 0 Å². The number of methoxy groups -OCH3 is 2. The molecule has 4 heterocycles. The Labute approximate surface area is 227 Å². The van der Waals surface area contributed by atoms with Crippen molar-refractivity contribution in [1.29, 1.82) is 0 Å². The molecule has 1 aliphatic rings. The minimum atomic E-state index is 0.923. The lowest BCUT2D eigenvalue weighted by molar-refractivity contribution is -0.664. The van der Waals surface area contributed by atoms with Crippen molar-refractivity contribution in [1.82, 2.24) is 0 Å². The highest BCUT2D eigenvalue weighted by Crippen LogP contribution is 2.53. The highest BCUT2D eigenvalue weighted by molar-refractivity contribution is 8.03. The third-order valence-corrected chi connectivity index (χ3v) is 10.6. The second-order valence-corrected chi connectivity index (χ2v) is 12.5. The van der Waals surface area contributed by atoms with Crippen LogP contribution in [0.4, 0.5) is 5.69 Å². The number of fused-ring (bicyclic) bond motifs is 6. The number of aromatic nitrogens is 1. The van der Waals surface area contributed by atoms with E-state index in [1.165, 1.54) is 56.6 Å². The van der Waals surface area contributed by atoms with E-state index in [2.05, 4.69) is 77.4 Å². The third kappa shape index (κ3) is 3.65. The van der Waals surface area contributed by atoms with E-state index in [4.69, 9.17) is 9.47 Å². The fourth-order valence-corrected chi connectivity index (χ4v) is 9.58. The summed E-state index contributed by atoms with van der Waals surface area (Å²) >= 11 is 7.24. The van der Waals surface area contributed by atoms with Gasteiger partial charge in [0.05, 0.1) is 29.6 Å². The number of thioether (sulfide) groups is 1. The number of hydrogen-bond donors (Lipinski definition) is 0. The van der Waals surface area contributed by atoms with Crippen molar-refractivity contribution in [2.24, 2.45) is 0 Å². The molecule has 8 heteroatoms.